The highest BCUT2D eigenvalue weighted by Gasteiger charge is 2.08. The highest BCUT2D eigenvalue weighted by molar-refractivity contribution is 9.10. The number of benzene rings is 3. The molecule has 0 fully saturated rings. The third kappa shape index (κ3) is 5.59. The van der Waals surface area contributed by atoms with E-state index in [1.165, 1.54) is 24.3 Å². The molecule has 0 unspecified atom stereocenters. The highest BCUT2D eigenvalue weighted by atomic mass is 79.9. The molecule has 0 aliphatic carbocycles. The van der Waals surface area contributed by atoms with Crippen LogP contribution in [0, 0.1) is 11.3 Å². The molecule has 0 aliphatic rings. The van der Waals surface area contributed by atoms with Gasteiger partial charge in [0, 0.05) is 0 Å². The Morgan fingerprint density at radius 2 is 1.45 bits per heavy atom. The Morgan fingerprint density at radius 1 is 0.903 bits per heavy atom. The van der Waals surface area contributed by atoms with Crippen LogP contribution in [0.1, 0.15) is 37.4 Å². The molecule has 2 N–H and O–H groups in total. The maximum atomic E-state index is 11.0. The van der Waals surface area contributed by atoms with Crippen molar-refractivity contribution in [2.24, 2.45) is 0 Å². The van der Waals surface area contributed by atoms with Crippen LogP contribution >= 0.6 is 15.9 Å². The second-order valence-electron chi connectivity index (χ2n) is 6.53. The molecule has 0 atom stereocenters. The molecule has 0 aromatic heterocycles. The summed E-state index contributed by atoms with van der Waals surface area (Å²) in [5, 5.41) is 27.4. The van der Waals surface area contributed by atoms with E-state index in [1.54, 1.807) is 42.5 Å². The van der Waals surface area contributed by atoms with Gasteiger partial charge in [-0.05, 0) is 75.1 Å². The van der Waals surface area contributed by atoms with Gasteiger partial charge in [-0.1, -0.05) is 30.3 Å². The van der Waals surface area contributed by atoms with E-state index in [1.807, 2.05) is 6.07 Å². The summed E-state index contributed by atoms with van der Waals surface area (Å²) < 4.78 is 6.49. The van der Waals surface area contributed by atoms with E-state index < -0.39 is 11.9 Å². The first-order valence-corrected chi connectivity index (χ1v) is 9.87. The molecular weight excluding hydrogens is 462 g/mol. The normalized spacial score (nSPS) is 10.9. The molecule has 6 nitrogen and oxygen atoms in total. The van der Waals surface area contributed by atoms with Crippen molar-refractivity contribution in [2.75, 3.05) is 0 Å². The van der Waals surface area contributed by atoms with E-state index in [2.05, 4.69) is 22.0 Å². The van der Waals surface area contributed by atoms with Crippen LogP contribution in [0.2, 0.25) is 0 Å². The number of hydrogen-bond donors (Lipinski definition) is 2. The quantitative estimate of drug-likeness (QED) is 0.344. The Labute approximate surface area is 186 Å². The minimum atomic E-state index is -1.02. The molecule has 3 rings (SSSR count). The van der Waals surface area contributed by atoms with Gasteiger partial charge in [0.15, 0.2) is 0 Å². The van der Waals surface area contributed by atoms with Gasteiger partial charge in [0.25, 0.3) is 0 Å². The summed E-state index contributed by atoms with van der Waals surface area (Å²) in [6.45, 7) is 0.271. The van der Waals surface area contributed by atoms with E-state index >= 15 is 0 Å². The number of ether oxygens (including phenoxy) is 1. The summed E-state index contributed by atoms with van der Waals surface area (Å²) in [5.74, 6) is -1.40. The van der Waals surface area contributed by atoms with Gasteiger partial charge in [-0.2, -0.15) is 5.26 Å². The zero-order chi connectivity index (χ0) is 22.4. The monoisotopic (exact) mass is 477 g/mol. The predicted octanol–water partition coefficient (Wildman–Crippen LogP) is 5.49. The Kier molecular flexibility index (Phi) is 6.85. The van der Waals surface area contributed by atoms with Crippen molar-refractivity contribution >= 4 is 39.5 Å². The minimum absolute atomic E-state index is 0.155. The van der Waals surface area contributed by atoms with Crippen LogP contribution in [0.15, 0.2) is 71.2 Å². The fourth-order valence-electron chi connectivity index (χ4n) is 2.77. The summed E-state index contributed by atoms with van der Waals surface area (Å²) in [7, 11) is 0. The molecule has 7 heteroatoms. The van der Waals surface area contributed by atoms with Gasteiger partial charge in [0.2, 0.25) is 0 Å². The Balaban J connectivity index is 1.73. The van der Waals surface area contributed by atoms with Gasteiger partial charge >= 0.3 is 11.9 Å². The van der Waals surface area contributed by atoms with Gasteiger partial charge in [-0.15, -0.1) is 0 Å². The number of halogens is 1. The van der Waals surface area contributed by atoms with E-state index in [9.17, 15) is 14.9 Å². The van der Waals surface area contributed by atoms with Crippen molar-refractivity contribution in [3.05, 3.63) is 99.0 Å². The lowest BCUT2D eigenvalue weighted by molar-refractivity contribution is 0.0686. The summed E-state index contributed by atoms with van der Waals surface area (Å²) in [6.07, 6.45) is 1.70. The van der Waals surface area contributed by atoms with Crippen molar-refractivity contribution in [2.45, 2.75) is 6.61 Å². The molecule has 0 amide bonds. The second kappa shape index (κ2) is 9.74. The number of carbonyl (C=O) groups is 2. The largest absolute Gasteiger partial charge is 0.488 e. The summed E-state index contributed by atoms with van der Waals surface area (Å²) in [4.78, 5) is 21.9. The molecule has 0 saturated heterocycles. The SMILES string of the molecule is N#C/C(=C/c1ccc(OCc2ccc(C(=O)O)cc2)c(Br)c1)c1ccc(C(=O)O)cc1. The number of nitrogens with zero attached hydrogens (tertiary/aromatic N) is 1. The molecule has 154 valence electrons. The number of allylic oxidation sites excluding steroid dienone is 1. The molecule has 0 saturated carbocycles. The van der Waals surface area contributed by atoms with Gasteiger partial charge in [-0.3, -0.25) is 0 Å². The molecular formula is C24H16BrNO5. The molecule has 0 radical (unpaired) electrons. The van der Waals surface area contributed by atoms with Gasteiger partial charge in [-0.25, -0.2) is 9.59 Å². The molecule has 0 aliphatic heterocycles. The lowest BCUT2D eigenvalue weighted by Crippen LogP contribution is -1.99. The average molecular weight is 478 g/mol. The number of carboxylic acids is 2. The molecule has 0 spiro atoms. The summed E-state index contributed by atoms with van der Waals surface area (Å²) >= 11 is 3.46. The number of carboxylic acid groups (broad SMARTS) is 2. The smallest absolute Gasteiger partial charge is 0.335 e. The lowest BCUT2D eigenvalue weighted by atomic mass is 10.0. The van der Waals surface area contributed by atoms with E-state index in [-0.39, 0.29) is 17.7 Å². The summed E-state index contributed by atoms with van der Waals surface area (Å²) in [5.41, 5.74) is 2.99. The van der Waals surface area contributed by atoms with Crippen LogP contribution in [-0.4, -0.2) is 22.2 Å². The highest BCUT2D eigenvalue weighted by Crippen LogP contribution is 2.29. The zero-order valence-electron chi connectivity index (χ0n) is 16.1. The topological polar surface area (TPSA) is 108 Å². The van der Waals surface area contributed by atoms with Gasteiger partial charge in [0.1, 0.15) is 12.4 Å². The van der Waals surface area contributed by atoms with Crippen molar-refractivity contribution in [1.82, 2.24) is 0 Å². The third-order valence-electron chi connectivity index (χ3n) is 4.43. The van der Waals surface area contributed by atoms with Crippen molar-refractivity contribution < 1.29 is 24.5 Å². The first kappa shape index (κ1) is 21.8. The maximum absolute atomic E-state index is 11.0. The van der Waals surface area contributed by atoms with Crippen molar-refractivity contribution in [1.29, 1.82) is 5.26 Å². The Bertz CT molecular complexity index is 1190. The standard InChI is InChI=1S/C24H16BrNO5/c25-21-12-16(11-20(13-26)17-6-8-19(9-7-17)24(29)30)3-10-22(21)31-14-15-1-4-18(5-2-15)23(27)28/h1-12H,14H2,(H,27,28)(H,29,30)/b20-11-. The van der Waals surface area contributed by atoms with Gasteiger partial charge < -0.3 is 14.9 Å². The lowest BCUT2D eigenvalue weighted by Gasteiger charge is -2.09. The number of hydrogen-bond acceptors (Lipinski definition) is 4. The average Bonchev–Trinajstić information content (AvgIpc) is 2.77. The van der Waals surface area contributed by atoms with Crippen LogP contribution in [0.3, 0.4) is 0 Å². The number of rotatable bonds is 7. The zero-order valence-corrected chi connectivity index (χ0v) is 17.7. The third-order valence-corrected chi connectivity index (χ3v) is 5.05. The van der Waals surface area contributed by atoms with Crippen LogP contribution in [0.25, 0.3) is 11.6 Å². The molecule has 0 heterocycles. The van der Waals surface area contributed by atoms with Crippen molar-refractivity contribution in [3.8, 4) is 11.8 Å². The first-order valence-electron chi connectivity index (χ1n) is 9.07. The summed E-state index contributed by atoms with van der Waals surface area (Å²) in [6, 6.07) is 20.1. The van der Waals surface area contributed by atoms with Gasteiger partial charge in [0.05, 0.1) is 27.2 Å². The molecule has 3 aromatic rings. The van der Waals surface area contributed by atoms with E-state index in [4.69, 9.17) is 14.9 Å². The minimum Gasteiger partial charge on any atom is -0.488 e. The fourth-order valence-corrected chi connectivity index (χ4v) is 3.28. The Morgan fingerprint density at radius 3 is 1.97 bits per heavy atom. The van der Waals surface area contributed by atoms with E-state index in [0.29, 0.717) is 21.4 Å². The van der Waals surface area contributed by atoms with Crippen LogP contribution < -0.4 is 4.74 Å². The number of aromatic carboxylic acids is 2. The van der Waals surface area contributed by atoms with Crippen molar-refractivity contribution in [3.63, 3.8) is 0 Å². The van der Waals surface area contributed by atoms with Crippen LogP contribution in [0.5, 0.6) is 5.75 Å². The fraction of sp³-hybridized carbons (Fsp3) is 0.0417. The number of nitriles is 1. The molecule has 3 aromatic carbocycles. The second-order valence-corrected chi connectivity index (χ2v) is 7.39. The molecule has 0 bridgehead atoms. The maximum Gasteiger partial charge on any atom is 0.335 e. The first-order chi connectivity index (χ1) is 14.9. The molecule has 31 heavy (non-hydrogen) atoms. The predicted molar refractivity (Wildman–Crippen MR) is 119 cm³/mol. The van der Waals surface area contributed by atoms with Crippen LogP contribution in [-0.2, 0) is 6.61 Å². The van der Waals surface area contributed by atoms with E-state index in [0.717, 1.165) is 11.1 Å². The van der Waals surface area contributed by atoms with Crippen LogP contribution in [0.4, 0.5) is 0 Å². The Hall–Kier alpha value is -3.89.